The van der Waals surface area contributed by atoms with Gasteiger partial charge in [0.1, 0.15) is 0 Å². The minimum atomic E-state index is -0.853. The zero-order valence-corrected chi connectivity index (χ0v) is 42.8. The molecule has 0 heterocycles. The second-order valence-electron chi connectivity index (χ2n) is 19.3. The topological polar surface area (TPSA) is 95.9 Å². The SMILES string of the molecule is CCCCCC/C=C\CCCCCCCC(=O)OCCCCCCCC/C=C\CCCCCCCCCC(=O)NC(CO)C(O)/C=C/CCCCCCCCCCCCCCCCC. The van der Waals surface area contributed by atoms with Crippen molar-refractivity contribution in [3.05, 3.63) is 36.5 Å². The second kappa shape index (κ2) is 53.7. The molecule has 0 radical (unpaired) electrons. The largest absolute Gasteiger partial charge is 0.466 e. The van der Waals surface area contributed by atoms with Gasteiger partial charge in [-0.2, -0.15) is 0 Å². The van der Waals surface area contributed by atoms with E-state index in [9.17, 15) is 19.8 Å². The van der Waals surface area contributed by atoms with Gasteiger partial charge in [-0.25, -0.2) is 0 Å². The van der Waals surface area contributed by atoms with Crippen molar-refractivity contribution in [2.45, 2.75) is 309 Å². The molecule has 0 aliphatic carbocycles. The van der Waals surface area contributed by atoms with Crippen LogP contribution in [0.5, 0.6) is 0 Å². The molecule has 0 rings (SSSR count). The van der Waals surface area contributed by atoms with Gasteiger partial charge in [0.2, 0.25) is 5.91 Å². The molecule has 1 amide bonds. The number of aliphatic hydroxyl groups excluding tert-OH is 2. The molecule has 6 heteroatoms. The molecule has 0 spiro atoms. The van der Waals surface area contributed by atoms with Crippen molar-refractivity contribution in [2.75, 3.05) is 13.2 Å². The van der Waals surface area contributed by atoms with Gasteiger partial charge in [-0.1, -0.05) is 237 Å². The quantitative estimate of drug-likeness (QED) is 0.0321. The molecule has 0 aliphatic rings. The van der Waals surface area contributed by atoms with E-state index in [0.29, 0.717) is 19.4 Å². The Morgan fingerprint density at radius 2 is 0.734 bits per heavy atom. The predicted molar refractivity (Wildman–Crippen MR) is 278 cm³/mol. The average Bonchev–Trinajstić information content (AvgIpc) is 3.29. The number of hydrogen-bond donors (Lipinski definition) is 3. The van der Waals surface area contributed by atoms with Crippen molar-refractivity contribution in [2.24, 2.45) is 0 Å². The molecule has 0 saturated heterocycles. The number of allylic oxidation sites excluding steroid dienone is 5. The molecule has 0 aromatic heterocycles. The molecule has 2 unspecified atom stereocenters. The van der Waals surface area contributed by atoms with Crippen LogP contribution in [0.4, 0.5) is 0 Å². The molecule has 0 aromatic rings. The highest BCUT2D eigenvalue weighted by molar-refractivity contribution is 5.76. The molecular formula is C58H109NO5. The van der Waals surface area contributed by atoms with Gasteiger partial charge >= 0.3 is 5.97 Å². The standard InChI is InChI=1S/C58H109NO5/c1-3-5-7-9-11-13-15-17-18-20-23-27-30-34-38-42-46-50-56(61)55(54-60)59-57(62)51-47-43-39-35-31-28-24-21-19-22-25-29-33-37-41-45-49-53-64-58(63)52-48-44-40-36-32-26-16-14-12-10-8-6-4-2/h14,16,19,22,46,50,55-56,60-61H,3-13,15,17-18,20-21,23-45,47-49,51-54H2,1-2H3,(H,59,62)/b16-14-,22-19-,50-46+. The van der Waals surface area contributed by atoms with Crippen LogP contribution in [0.15, 0.2) is 36.5 Å². The number of esters is 1. The maximum absolute atomic E-state index is 12.5. The third-order valence-electron chi connectivity index (χ3n) is 12.9. The van der Waals surface area contributed by atoms with E-state index in [1.165, 1.54) is 212 Å². The van der Waals surface area contributed by atoms with Gasteiger partial charge in [0.25, 0.3) is 0 Å². The lowest BCUT2D eigenvalue weighted by Crippen LogP contribution is -2.45. The summed E-state index contributed by atoms with van der Waals surface area (Å²) in [5.74, 6) is -0.0916. The van der Waals surface area contributed by atoms with Crippen LogP contribution < -0.4 is 5.32 Å². The number of unbranched alkanes of at least 4 members (excludes halogenated alkanes) is 37. The second-order valence-corrected chi connectivity index (χ2v) is 19.3. The summed E-state index contributed by atoms with van der Waals surface area (Å²) in [6.07, 6.45) is 65.8. The molecule has 0 saturated carbocycles. The number of carbonyl (C=O) groups is 2. The lowest BCUT2D eigenvalue weighted by molar-refractivity contribution is -0.143. The lowest BCUT2D eigenvalue weighted by atomic mass is 10.0. The first kappa shape index (κ1) is 62.1. The van der Waals surface area contributed by atoms with Crippen molar-refractivity contribution >= 4 is 11.9 Å². The van der Waals surface area contributed by atoms with Crippen LogP contribution in [-0.2, 0) is 14.3 Å². The molecule has 0 fully saturated rings. The molecule has 2 atom stereocenters. The fourth-order valence-corrected chi connectivity index (χ4v) is 8.50. The number of amides is 1. The van der Waals surface area contributed by atoms with Gasteiger partial charge in [0.05, 0.1) is 25.4 Å². The van der Waals surface area contributed by atoms with Crippen LogP contribution in [0.1, 0.15) is 296 Å². The lowest BCUT2D eigenvalue weighted by Gasteiger charge is -2.20. The maximum Gasteiger partial charge on any atom is 0.305 e. The molecule has 3 N–H and O–H groups in total. The maximum atomic E-state index is 12.5. The number of carbonyl (C=O) groups excluding carboxylic acids is 2. The van der Waals surface area contributed by atoms with Crippen LogP contribution in [0.2, 0.25) is 0 Å². The van der Waals surface area contributed by atoms with Crippen LogP contribution in [-0.4, -0.2) is 47.4 Å². The van der Waals surface area contributed by atoms with Crippen LogP contribution in [0.25, 0.3) is 0 Å². The van der Waals surface area contributed by atoms with E-state index in [0.717, 1.165) is 57.8 Å². The summed E-state index contributed by atoms with van der Waals surface area (Å²) in [5, 5.41) is 23.1. The van der Waals surface area contributed by atoms with Crippen LogP contribution in [0, 0.1) is 0 Å². The first-order valence-electron chi connectivity index (χ1n) is 28.3. The smallest absolute Gasteiger partial charge is 0.305 e. The summed E-state index contributed by atoms with van der Waals surface area (Å²) in [7, 11) is 0. The fourth-order valence-electron chi connectivity index (χ4n) is 8.50. The summed E-state index contributed by atoms with van der Waals surface area (Å²) >= 11 is 0. The first-order chi connectivity index (χ1) is 31.5. The predicted octanol–water partition coefficient (Wildman–Crippen LogP) is 17.2. The van der Waals surface area contributed by atoms with Gasteiger partial charge in [-0.15, -0.1) is 0 Å². The van der Waals surface area contributed by atoms with Gasteiger partial charge < -0.3 is 20.3 Å². The van der Waals surface area contributed by atoms with E-state index < -0.39 is 12.1 Å². The highest BCUT2D eigenvalue weighted by Gasteiger charge is 2.18. The normalized spacial score (nSPS) is 12.9. The average molecular weight is 901 g/mol. The monoisotopic (exact) mass is 900 g/mol. The van der Waals surface area contributed by atoms with E-state index in [2.05, 4.69) is 43.5 Å². The summed E-state index contributed by atoms with van der Waals surface area (Å²) < 4.78 is 5.45. The Hall–Kier alpha value is -1.92. The van der Waals surface area contributed by atoms with Crippen molar-refractivity contribution in [1.82, 2.24) is 5.32 Å². The molecule has 64 heavy (non-hydrogen) atoms. The molecule has 0 bridgehead atoms. The van der Waals surface area contributed by atoms with Crippen LogP contribution >= 0.6 is 0 Å². The summed E-state index contributed by atoms with van der Waals surface area (Å²) in [6, 6.07) is -0.637. The third-order valence-corrected chi connectivity index (χ3v) is 12.9. The minimum Gasteiger partial charge on any atom is -0.466 e. The Kier molecular flexibility index (Phi) is 52.1. The van der Waals surface area contributed by atoms with E-state index in [1.807, 2.05) is 6.08 Å². The van der Waals surface area contributed by atoms with Crippen molar-refractivity contribution in [3.63, 3.8) is 0 Å². The summed E-state index contributed by atoms with van der Waals surface area (Å²) in [6.45, 7) is 4.87. The van der Waals surface area contributed by atoms with Gasteiger partial charge in [-0.05, 0) is 83.5 Å². The van der Waals surface area contributed by atoms with Gasteiger partial charge in [-0.3, -0.25) is 9.59 Å². The van der Waals surface area contributed by atoms with E-state index in [1.54, 1.807) is 6.08 Å². The van der Waals surface area contributed by atoms with Crippen LogP contribution in [0.3, 0.4) is 0 Å². The zero-order chi connectivity index (χ0) is 46.5. The summed E-state index contributed by atoms with van der Waals surface area (Å²) in [4.78, 5) is 24.5. The molecule has 0 aliphatic heterocycles. The Morgan fingerprint density at radius 1 is 0.422 bits per heavy atom. The van der Waals surface area contributed by atoms with Crippen molar-refractivity contribution < 1.29 is 24.5 Å². The third kappa shape index (κ3) is 49.5. The van der Waals surface area contributed by atoms with Crippen molar-refractivity contribution in [3.8, 4) is 0 Å². The number of aliphatic hydroxyl groups is 2. The number of rotatable bonds is 52. The van der Waals surface area contributed by atoms with E-state index in [4.69, 9.17) is 4.74 Å². The molecule has 6 nitrogen and oxygen atoms in total. The highest BCUT2D eigenvalue weighted by Crippen LogP contribution is 2.16. The Balaban J connectivity index is 3.50. The Labute approximate surface area is 398 Å². The summed E-state index contributed by atoms with van der Waals surface area (Å²) in [5.41, 5.74) is 0. The van der Waals surface area contributed by atoms with E-state index >= 15 is 0 Å². The molecule has 0 aromatic carbocycles. The number of nitrogens with one attached hydrogen (secondary N) is 1. The molecule has 376 valence electrons. The molecular weight excluding hydrogens is 791 g/mol. The Morgan fingerprint density at radius 3 is 1.12 bits per heavy atom. The van der Waals surface area contributed by atoms with Gasteiger partial charge in [0, 0.05) is 12.8 Å². The first-order valence-corrected chi connectivity index (χ1v) is 28.3. The van der Waals surface area contributed by atoms with E-state index in [-0.39, 0.29) is 18.5 Å². The van der Waals surface area contributed by atoms with Gasteiger partial charge in [0.15, 0.2) is 0 Å². The fraction of sp³-hybridized carbons (Fsp3) is 0.862. The number of ether oxygens (including phenoxy) is 1. The zero-order valence-electron chi connectivity index (χ0n) is 42.8. The highest BCUT2D eigenvalue weighted by atomic mass is 16.5. The Bertz CT molecular complexity index is 1040. The number of hydrogen-bond acceptors (Lipinski definition) is 5. The minimum absolute atomic E-state index is 0.0123. The van der Waals surface area contributed by atoms with Crippen molar-refractivity contribution in [1.29, 1.82) is 0 Å².